The van der Waals surface area contributed by atoms with E-state index in [9.17, 15) is 0 Å². The maximum absolute atomic E-state index is 4.36. The highest BCUT2D eigenvalue weighted by molar-refractivity contribution is 5.37. The average molecular weight is 205 g/mol. The molecule has 0 amide bonds. The fourth-order valence-electron chi connectivity index (χ4n) is 1.43. The number of aromatic amines is 1. The molecule has 0 fully saturated rings. The smallest absolute Gasteiger partial charge is 0.124 e. The molecule has 0 aliphatic carbocycles. The molecule has 5 nitrogen and oxygen atoms in total. The van der Waals surface area contributed by atoms with Gasteiger partial charge in [-0.1, -0.05) is 6.92 Å². The quantitative estimate of drug-likeness (QED) is 0.791. The van der Waals surface area contributed by atoms with Gasteiger partial charge in [0.1, 0.15) is 5.82 Å². The first-order valence-corrected chi connectivity index (χ1v) is 5.03. The van der Waals surface area contributed by atoms with Crippen LogP contribution in [-0.2, 0) is 20.0 Å². The van der Waals surface area contributed by atoms with Crippen molar-refractivity contribution in [1.29, 1.82) is 0 Å². The van der Waals surface area contributed by atoms with Gasteiger partial charge < -0.3 is 10.3 Å². The highest BCUT2D eigenvalue weighted by atomic mass is 15.3. The van der Waals surface area contributed by atoms with Crippen molar-refractivity contribution in [3.8, 4) is 0 Å². The molecule has 0 spiro atoms. The van der Waals surface area contributed by atoms with Crippen LogP contribution in [0, 0.1) is 0 Å². The molecule has 0 radical (unpaired) electrons. The lowest BCUT2D eigenvalue weighted by molar-refractivity contribution is 0.747. The number of H-pyrrole nitrogens is 1. The number of hydrogen-bond donors (Lipinski definition) is 2. The van der Waals surface area contributed by atoms with Crippen LogP contribution in [0.1, 0.15) is 18.3 Å². The Morgan fingerprint density at radius 3 is 3.00 bits per heavy atom. The van der Waals surface area contributed by atoms with E-state index in [2.05, 4.69) is 33.4 Å². The van der Waals surface area contributed by atoms with Gasteiger partial charge in [0, 0.05) is 19.3 Å². The number of rotatable bonds is 4. The Morgan fingerprint density at radius 2 is 2.40 bits per heavy atom. The molecule has 0 saturated carbocycles. The summed E-state index contributed by atoms with van der Waals surface area (Å²) in [4.78, 5) is 7.00. The van der Waals surface area contributed by atoms with Gasteiger partial charge in [0.2, 0.25) is 0 Å². The minimum Gasteiger partial charge on any atom is -0.365 e. The molecule has 2 heterocycles. The molecule has 15 heavy (non-hydrogen) atoms. The van der Waals surface area contributed by atoms with Crippen LogP contribution in [0.4, 0.5) is 5.82 Å². The second-order valence-corrected chi connectivity index (χ2v) is 3.43. The lowest BCUT2D eigenvalue weighted by Gasteiger charge is -2.03. The van der Waals surface area contributed by atoms with Crippen molar-refractivity contribution in [2.75, 3.05) is 5.32 Å². The number of nitrogens with one attached hydrogen (secondary N) is 2. The standard InChI is InChI=1S/C10H15N5/c1-3-8-4-10(15(2)14-8)12-6-9-5-11-7-13-9/h4-5,7,12H,3,6H2,1-2H3,(H,11,13). The minimum absolute atomic E-state index is 0.739. The van der Waals surface area contributed by atoms with Gasteiger partial charge >= 0.3 is 0 Å². The van der Waals surface area contributed by atoms with Crippen LogP contribution in [0.15, 0.2) is 18.6 Å². The number of aryl methyl sites for hydroxylation is 2. The number of nitrogens with zero attached hydrogens (tertiary/aromatic N) is 3. The number of imidazole rings is 1. The van der Waals surface area contributed by atoms with Crippen molar-refractivity contribution in [2.24, 2.45) is 7.05 Å². The van der Waals surface area contributed by atoms with Crippen LogP contribution in [0.3, 0.4) is 0 Å². The van der Waals surface area contributed by atoms with Crippen molar-refractivity contribution < 1.29 is 0 Å². The van der Waals surface area contributed by atoms with Crippen molar-refractivity contribution in [1.82, 2.24) is 19.7 Å². The first-order chi connectivity index (χ1) is 7.29. The molecular weight excluding hydrogens is 190 g/mol. The van der Waals surface area contributed by atoms with E-state index in [1.165, 1.54) is 0 Å². The highest BCUT2D eigenvalue weighted by Crippen LogP contribution is 2.10. The van der Waals surface area contributed by atoms with E-state index < -0.39 is 0 Å². The molecule has 2 rings (SSSR count). The molecule has 0 saturated heterocycles. The topological polar surface area (TPSA) is 58.5 Å². The zero-order valence-electron chi connectivity index (χ0n) is 8.99. The summed E-state index contributed by atoms with van der Waals surface area (Å²) in [5, 5.41) is 7.66. The molecule has 80 valence electrons. The van der Waals surface area contributed by atoms with Gasteiger partial charge in [0.25, 0.3) is 0 Å². The first-order valence-electron chi connectivity index (χ1n) is 5.03. The van der Waals surface area contributed by atoms with Crippen LogP contribution in [-0.4, -0.2) is 19.7 Å². The van der Waals surface area contributed by atoms with Crippen molar-refractivity contribution in [2.45, 2.75) is 19.9 Å². The second-order valence-electron chi connectivity index (χ2n) is 3.43. The third-order valence-corrected chi connectivity index (χ3v) is 2.31. The number of anilines is 1. The Hall–Kier alpha value is -1.78. The van der Waals surface area contributed by atoms with Crippen LogP contribution in [0.5, 0.6) is 0 Å². The van der Waals surface area contributed by atoms with Crippen molar-refractivity contribution >= 4 is 5.82 Å². The highest BCUT2D eigenvalue weighted by Gasteiger charge is 2.02. The van der Waals surface area contributed by atoms with Crippen molar-refractivity contribution in [3.63, 3.8) is 0 Å². The molecule has 0 aromatic carbocycles. The zero-order valence-corrected chi connectivity index (χ0v) is 8.99. The maximum atomic E-state index is 4.36. The SMILES string of the molecule is CCc1cc(NCc2cnc[nH]2)n(C)n1. The van der Waals surface area contributed by atoms with E-state index in [0.717, 1.165) is 30.2 Å². The summed E-state index contributed by atoms with van der Waals surface area (Å²) in [6.07, 6.45) is 4.45. The van der Waals surface area contributed by atoms with Crippen LogP contribution in [0.2, 0.25) is 0 Å². The van der Waals surface area contributed by atoms with E-state index in [1.54, 1.807) is 6.33 Å². The van der Waals surface area contributed by atoms with Gasteiger partial charge in [-0.05, 0) is 6.42 Å². The number of aromatic nitrogens is 4. The molecule has 2 N–H and O–H groups in total. The van der Waals surface area contributed by atoms with Crippen LogP contribution < -0.4 is 5.32 Å². The minimum atomic E-state index is 0.739. The fourth-order valence-corrected chi connectivity index (χ4v) is 1.43. The summed E-state index contributed by atoms with van der Waals surface area (Å²) in [5.74, 6) is 1.03. The molecular formula is C10H15N5. The van der Waals surface area contributed by atoms with Gasteiger partial charge in [0.05, 0.1) is 24.3 Å². The molecule has 0 aliphatic rings. The molecule has 2 aromatic rings. The van der Waals surface area contributed by atoms with Gasteiger partial charge in [0.15, 0.2) is 0 Å². The van der Waals surface area contributed by atoms with Crippen LogP contribution >= 0.6 is 0 Å². The molecule has 0 unspecified atom stereocenters. The van der Waals surface area contributed by atoms with E-state index in [0.29, 0.717) is 0 Å². The van der Waals surface area contributed by atoms with Gasteiger partial charge in [-0.2, -0.15) is 5.10 Å². The lowest BCUT2D eigenvalue weighted by atomic mass is 10.3. The van der Waals surface area contributed by atoms with E-state index >= 15 is 0 Å². The predicted molar refractivity (Wildman–Crippen MR) is 58.5 cm³/mol. The maximum Gasteiger partial charge on any atom is 0.124 e. The normalized spacial score (nSPS) is 10.5. The van der Waals surface area contributed by atoms with Gasteiger partial charge in [-0.15, -0.1) is 0 Å². The summed E-state index contributed by atoms with van der Waals surface area (Å²) in [6.45, 7) is 2.84. The molecule has 2 aromatic heterocycles. The Bertz CT molecular complexity index is 415. The largest absolute Gasteiger partial charge is 0.365 e. The zero-order chi connectivity index (χ0) is 10.7. The van der Waals surface area contributed by atoms with E-state index in [1.807, 2.05) is 17.9 Å². The van der Waals surface area contributed by atoms with Crippen LogP contribution in [0.25, 0.3) is 0 Å². The fraction of sp³-hybridized carbons (Fsp3) is 0.400. The van der Waals surface area contributed by atoms with E-state index in [-0.39, 0.29) is 0 Å². The first kappa shape index (κ1) is 9.76. The summed E-state index contributed by atoms with van der Waals surface area (Å²) in [7, 11) is 1.94. The molecule has 5 heteroatoms. The van der Waals surface area contributed by atoms with Gasteiger partial charge in [-0.25, -0.2) is 4.98 Å². The molecule has 0 atom stereocenters. The van der Waals surface area contributed by atoms with Gasteiger partial charge in [-0.3, -0.25) is 4.68 Å². The Balaban J connectivity index is 2.01. The average Bonchev–Trinajstić information content (AvgIpc) is 2.84. The Kier molecular flexibility index (Phi) is 2.71. The summed E-state index contributed by atoms with van der Waals surface area (Å²) in [6, 6.07) is 2.07. The lowest BCUT2D eigenvalue weighted by Crippen LogP contribution is -2.04. The Morgan fingerprint density at radius 1 is 1.53 bits per heavy atom. The molecule has 0 bridgehead atoms. The van der Waals surface area contributed by atoms with E-state index in [4.69, 9.17) is 0 Å². The monoisotopic (exact) mass is 205 g/mol. The summed E-state index contributed by atoms with van der Waals surface area (Å²) in [5.41, 5.74) is 2.17. The number of hydrogen-bond acceptors (Lipinski definition) is 3. The third kappa shape index (κ3) is 2.18. The molecule has 0 aliphatic heterocycles. The Labute approximate surface area is 88.5 Å². The third-order valence-electron chi connectivity index (χ3n) is 2.31. The summed E-state index contributed by atoms with van der Waals surface area (Å²) < 4.78 is 1.86. The van der Waals surface area contributed by atoms with Crippen molar-refractivity contribution in [3.05, 3.63) is 30.0 Å². The second kappa shape index (κ2) is 4.16. The summed E-state index contributed by atoms with van der Waals surface area (Å²) >= 11 is 0. The predicted octanol–water partition coefficient (Wildman–Crippen LogP) is 1.32.